The number of nitrogens with zero attached hydrogens (tertiary/aromatic N) is 2. The molecule has 0 amide bonds. The lowest BCUT2D eigenvalue weighted by atomic mass is 10.2. The first-order valence-corrected chi connectivity index (χ1v) is 5.39. The molecule has 0 atom stereocenters. The minimum Gasteiger partial charge on any atom is -0.353 e. The Kier molecular flexibility index (Phi) is 5.28. The first-order valence-electron chi connectivity index (χ1n) is 5.39. The van der Waals surface area contributed by atoms with Gasteiger partial charge in [0, 0.05) is 25.0 Å². The molecule has 5 heteroatoms. The molecule has 0 saturated heterocycles. The van der Waals surface area contributed by atoms with Crippen LogP contribution in [0.15, 0.2) is 29.5 Å². The maximum atomic E-state index is 5.34. The van der Waals surface area contributed by atoms with Crippen molar-refractivity contribution >= 4 is 5.96 Å². The van der Waals surface area contributed by atoms with E-state index in [1.165, 1.54) is 5.56 Å². The molecular formula is C11H19N5. The molecule has 5 nitrogen and oxygen atoms in total. The predicted octanol–water partition coefficient (Wildman–Crippen LogP) is 0.441. The van der Waals surface area contributed by atoms with Gasteiger partial charge in [0.1, 0.15) is 0 Å². The van der Waals surface area contributed by atoms with E-state index in [0.29, 0.717) is 18.5 Å². The zero-order valence-electron chi connectivity index (χ0n) is 9.77. The summed E-state index contributed by atoms with van der Waals surface area (Å²) >= 11 is 0. The number of aliphatic imine (C=N–C) groups is 1. The van der Waals surface area contributed by atoms with Crippen molar-refractivity contribution in [3.63, 3.8) is 0 Å². The number of hydrogen-bond donors (Lipinski definition) is 3. The van der Waals surface area contributed by atoms with E-state index < -0.39 is 0 Å². The minimum atomic E-state index is 0.313. The molecule has 0 aliphatic carbocycles. The lowest BCUT2D eigenvalue weighted by molar-refractivity contribution is 0.702. The first-order chi connectivity index (χ1) is 7.72. The van der Waals surface area contributed by atoms with E-state index in [0.717, 1.165) is 6.42 Å². The minimum absolute atomic E-state index is 0.313. The normalized spacial score (nSPS) is 11.6. The van der Waals surface area contributed by atoms with Gasteiger partial charge in [-0.2, -0.15) is 0 Å². The largest absolute Gasteiger partial charge is 0.353 e. The van der Waals surface area contributed by atoms with Gasteiger partial charge in [-0.25, -0.2) is 5.84 Å². The molecule has 0 aliphatic rings. The third-order valence-electron chi connectivity index (χ3n) is 1.96. The number of hydrogen-bond acceptors (Lipinski definition) is 3. The van der Waals surface area contributed by atoms with Crippen LogP contribution in [-0.4, -0.2) is 23.5 Å². The topological polar surface area (TPSA) is 75.3 Å². The maximum absolute atomic E-state index is 5.34. The quantitative estimate of drug-likeness (QED) is 0.298. The van der Waals surface area contributed by atoms with Crippen LogP contribution in [0.5, 0.6) is 0 Å². The molecule has 0 radical (unpaired) electrons. The Morgan fingerprint density at radius 3 is 2.94 bits per heavy atom. The molecule has 0 fully saturated rings. The number of aromatic nitrogens is 1. The van der Waals surface area contributed by atoms with Gasteiger partial charge < -0.3 is 5.32 Å². The standard InChI is InChI=1S/C11H19N5/c1-9(2)15-11(16-12)14-7-5-10-4-3-6-13-8-10/h3-4,6,8-9H,5,7,12H2,1-2H3,(H2,14,15,16). The van der Waals surface area contributed by atoms with E-state index in [4.69, 9.17) is 5.84 Å². The molecule has 4 N–H and O–H groups in total. The van der Waals surface area contributed by atoms with Crippen LogP contribution in [0.4, 0.5) is 0 Å². The highest BCUT2D eigenvalue weighted by Crippen LogP contribution is 1.96. The highest BCUT2D eigenvalue weighted by molar-refractivity contribution is 5.79. The van der Waals surface area contributed by atoms with Crippen molar-refractivity contribution in [2.24, 2.45) is 10.8 Å². The van der Waals surface area contributed by atoms with Crippen LogP contribution in [0.25, 0.3) is 0 Å². The lowest BCUT2D eigenvalue weighted by Gasteiger charge is -2.11. The van der Waals surface area contributed by atoms with Crippen molar-refractivity contribution < 1.29 is 0 Å². The maximum Gasteiger partial charge on any atom is 0.205 e. The fourth-order valence-electron chi connectivity index (χ4n) is 1.25. The Morgan fingerprint density at radius 1 is 1.56 bits per heavy atom. The summed E-state index contributed by atoms with van der Waals surface area (Å²) in [6, 6.07) is 4.27. The monoisotopic (exact) mass is 221 g/mol. The zero-order chi connectivity index (χ0) is 11.8. The summed E-state index contributed by atoms with van der Waals surface area (Å²) in [5.74, 6) is 5.97. The number of nitrogens with one attached hydrogen (secondary N) is 2. The Hall–Kier alpha value is -1.62. The van der Waals surface area contributed by atoms with Gasteiger partial charge in [0.25, 0.3) is 0 Å². The van der Waals surface area contributed by atoms with Crippen molar-refractivity contribution in [2.75, 3.05) is 6.54 Å². The molecular weight excluding hydrogens is 202 g/mol. The molecule has 1 aromatic heterocycles. The van der Waals surface area contributed by atoms with Crippen molar-refractivity contribution in [1.82, 2.24) is 15.7 Å². The van der Waals surface area contributed by atoms with Gasteiger partial charge in [-0.05, 0) is 31.9 Å². The molecule has 16 heavy (non-hydrogen) atoms. The second-order valence-corrected chi connectivity index (χ2v) is 3.78. The van der Waals surface area contributed by atoms with E-state index in [1.807, 2.05) is 32.2 Å². The molecule has 1 aromatic rings. The van der Waals surface area contributed by atoms with Crippen LogP contribution in [0.2, 0.25) is 0 Å². The first kappa shape index (κ1) is 12.4. The van der Waals surface area contributed by atoms with E-state index in [1.54, 1.807) is 6.20 Å². The molecule has 0 spiro atoms. The van der Waals surface area contributed by atoms with E-state index >= 15 is 0 Å². The fourth-order valence-corrected chi connectivity index (χ4v) is 1.25. The van der Waals surface area contributed by atoms with Gasteiger partial charge in [-0.15, -0.1) is 0 Å². The smallest absolute Gasteiger partial charge is 0.205 e. The molecule has 0 bridgehead atoms. The third-order valence-corrected chi connectivity index (χ3v) is 1.96. The summed E-state index contributed by atoms with van der Waals surface area (Å²) in [5.41, 5.74) is 3.72. The van der Waals surface area contributed by atoms with E-state index in [2.05, 4.69) is 20.7 Å². The van der Waals surface area contributed by atoms with Crippen LogP contribution in [0, 0.1) is 0 Å². The number of guanidine groups is 1. The van der Waals surface area contributed by atoms with Gasteiger partial charge in [0.15, 0.2) is 0 Å². The van der Waals surface area contributed by atoms with Gasteiger partial charge >= 0.3 is 0 Å². The average molecular weight is 221 g/mol. The van der Waals surface area contributed by atoms with Crippen LogP contribution in [0.3, 0.4) is 0 Å². The summed E-state index contributed by atoms with van der Waals surface area (Å²) in [6.07, 6.45) is 4.47. The van der Waals surface area contributed by atoms with E-state index in [-0.39, 0.29) is 0 Å². The van der Waals surface area contributed by atoms with Crippen LogP contribution >= 0.6 is 0 Å². The molecule has 0 aliphatic heterocycles. The number of rotatable bonds is 4. The third kappa shape index (κ3) is 4.75. The molecule has 88 valence electrons. The SMILES string of the molecule is CC(C)NC(=NCCc1cccnc1)NN. The van der Waals surface area contributed by atoms with Crippen LogP contribution in [0.1, 0.15) is 19.4 Å². The predicted molar refractivity (Wildman–Crippen MR) is 65.8 cm³/mol. The Bertz CT molecular complexity index is 320. The zero-order valence-corrected chi connectivity index (χ0v) is 9.77. The Labute approximate surface area is 96.1 Å². The fraction of sp³-hybridized carbons (Fsp3) is 0.455. The van der Waals surface area contributed by atoms with Crippen molar-refractivity contribution in [3.05, 3.63) is 30.1 Å². The van der Waals surface area contributed by atoms with Crippen molar-refractivity contribution in [2.45, 2.75) is 26.3 Å². The van der Waals surface area contributed by atoms with Crippen molar-refractivity contribution in [3.8, 4) is 0 Å². The second kappa shape index (κ2) is 6.79. The summed E-state index contributed by atoms with van der Waals surface area (Å²) in [6.45, 7) is 4.76. The number of nitrogens with two attached hydrogens (primary N) is 1. The second-order valence-electron chi connectivity index (χ2n) is 3.78. The van der Waals surface area contributed by atoms with Gasteiger partial charge in [0.05, 0.1) is 0 Å². The van der Waals surface area contributed by atoms with Gasteiger partial charge in [-0.3, -0.25) is 15.4 Å². The molecule has 1 heterocycles. The number of hydrazine groups is 1. The average Bonchev–Trinajstić information content (AvgIpc) is 2.28. The summed E-state index contributed by atoms with van der Waals surface area (Å²) in [7, 11) is 0. The molecule has 1 rings (SSSR count). The summed E-state index contributed by atoms with van der Waals surface area (Å²) < 4.78 is 0. The summed E-state index contributed by atoms with van der Waals surface area (Å²) in [4.78, 5) is 8.37. The summed E-state index contributed by atoms with van der Waals surface area (Å²) in [5, 5.41) is 3.11. The van der Waals surface area contributed by atoms with E-state index in [9.17, 15) is 0 Å². The lowest BCUT2D eigenvalue weighted by Crippen LogP contribution is -2.44. The van der Waals surface area contributed by atoms with Gasteiger partial charge in [-0.1, -0.05) is 6.07 Å². The van der Waals surface area contributed by atoms with Crippen molar-refractivity contribution in [1.29, 1.82) is 0 Å². The molecule has 0 aromatic carbocycles. The Balaban J connectivity index is 2.40. The number of pyridine rings is 1. The molecule has 0 unspecified atom stereocenters. The van der Waals surface area contributed by atoms with Crippen LogP contribution < -0.4 is 16.6 Å². The van der Waals surface area contributed by atoms with Gasteiger partial charge in [0.2, 0.25) is 5.96 Å². The highest BCUT2D eigenvalue weighted by Gasteiger charge is 1.97. The molecule has 0 saturated carbocycles. The Morgan fingerprint density at radius 2 is 2.38 bits per heavy atom. The highest BCUT2D eigenvalue weighted by atomic mass is 15.3. The van der Waals surface area contributed by atoms with Crippen LogP contribution in [-0.2, 0) is 6.42 Å².